The van der Waals surface area contributed by atoms with Gasteiger partial charge in [-0.05, 0) is 56.3 Å². The van der Waals surface area contributed by atoms with Crippen molar-refractivity contribution in [2.45, 2.75) is 44.1 Å². The lowest BCUT2D eigenvalue weighted by Gasteiger charge is -2.57. The van der Waals surface area contributed by atoms with Crippen LogP contribution < -0.4 is 5.32 Å². The number of hydrogen-bond donors (Lipinski definition) is 1. The van der Waals surface area contributed by atoms with Gasteiger partial charge in [0.05, 0.1) is 6.54 Å². The molecule has 0 amide bonds. The Morgan fingerprint density at radius 2 is 1.71 bits per heavy atom. The van der Waals surface area contributed by atoms with E-state index in [1.807, 2.05) is 0 Å². The molecular weight excluding hydrogens is 210 g/mol. The fourth-order valence-corrected chi connectivity index (χ4v) is 5.17. The van der Waals surface area contributed by atoms with Gasteiger partial charge in [-0.25, -0.2) is 0 Å². The minimum atomic E-state index is 0.423. The summed E-state index contributed by atoms with van der Waals surface area (Å²) in [5.74, 6) is 4.22. The van der Waals surface area contributed by atoms with E-state index in [1.165, 1.54) is 44.5 Å². The van der Waals surface area contributed by atoms with Gasteiger partial charge in [0.25, 0.3) is 0 Å². The number of aliphatic imine (C=N–C) groups is 1. The van der Waals surface area contributed by atoms with Crippen LogP contribution in [0.2, 0.25) is 0 Å². The number of guanidine groups is 1. The molecule has 0 saturated heterocycles. The van der Waals surface area contributed by atoms with Crippen LogP contribution >= 0.6 is 0 Å². The molecule has 17 heavy (non-hydrogen) atoms. The number of hydrogen-bond acceptors (Lipinski definition) is 3. The summed E-state index contributed by atoms with van der Waals surface area (Å²) in [6.07, 6.45) is 8.78. The van der Waals surface area contributed by atoms with Gasteiger partial charge in [0, 0.05) is 19.1 Å². The minimum Gasteiger partial charge on any atom is -0.351 e. The Morgan fingerprint density at radius 3 is 2.18 bits per heavy atom. The van der Waals surface area contributed by atoms with Crippen molar-refractivity contribution >= 4 is 5.96 Å². The highest BCUT2D eigenvalue weighted by atomic mass is 15.3. The van der Waals surface area contributed by atoms with Crippen molar-refractivity contribution in [3.63, 3.8) is 0 Å². The van der Waals surface area contributed by atoms with E-state index < -0.39 is 0 Å². The zero-order chi connectivity index (χ0) is 11.5. The first-order valence-corrected chi connectivity index (χ1v) is 7.26. The van der Waals surface area contributed by atoms with Crippen molar-refractivity contribution in [1.29, 1.82) is 0 Å². The van der Waals surface area contributed by atoms with Gasteiger partial charge in [-0.15, -0.1) is 0 Å². The standard InChI is InChI=1S/C14H23N3/c1-17-3-2-15-13(17)16-14-7-10-4-11(8-14)6-12(5-10)9-14/h10-12H,2-9H2,1H3,(H,15,16). The summed E-state index contributed by atoms with van der Waals surface area (Å²) in [5, 5.41) is 3.85. The maximum absolute atomic E-state index is 4.62. The fraction of sp³-hybridized carbons (Fsp3) is 0.929. The maximum atomic E-state index is 4.62. The predicted octanol–water partition coefficient (Wildman–Crippen LogP) is 1.85. The lowest BCUT2D eigenvalue weighted by atomic mass is 9.53. The van der Waals surface area contributed by atoms with Gasteiger partial charge in [-0.3, -0.25) is 4.99 Å². The van der Waals surface area contributed by atoms with E-state index in [1.54, 1.807) is 0 Å². The third-order valence-electron chi connectivity index (χ3n) is 5.47. The van der Waals surface area contributed by atoms with Crippen molar-refractivity contribution in [1.82, 2.24) is 10.2 Å². The molecule has 1 heterocycles. The second-order valence-electron chi connectivity index (χ2n) is 6.95. The summed E-state index contributed by atoms with van der Waals surface area (Å²) in [6.45, 7) is 2.07. The van der Waals surface area contributed by atoms with Crippen LogP contribution in [0.1, 0.15) is 38.5 Å². The third kappa shape index (κ3) is 1.58. The van der Waals surface area contributed by atoms with Gasteiger partial charge in [0.15, 0.2) is 5.96 Å². The van der Waals surface area contributed by atoms with Crippen LogP contribution in [0.4, 0.5) is 0 Å². The first kappa shape index (κ1) is 10.2. The van der Waals surface area contributed by atoms with Crippen LogP contribution in [0.3, 0.4) is 0 Å². The lowest BCUT2D eigenvalue weighted by Crippen LogP contribution is -2.61. The Bertz CT molecular complexity index is 325. The highest BCUT2D eigenvalue weighted by molar-refractivity contribution is 5.82. The molecule has 4 bridgehead atoms. The molecule has 4 aliphatic carbocycles. The molecule has 3 nitrogen and oxygen atoms in total. The molecule has 0 aromatic carbocycles. The summed E-state index contributed by atoms with van der Waals surface area (Å²) in [4.78, 5) is 6.91. The van der Waals surface area contributed by atoms with E-state index in [0.717, 1.165) is 30.8 Å². The van der Waals surface area contributed by atoms with Gasteiger partial charge < -0.3 is 10.2 Å². The molecule has 0 aromatic rings. The molecule has 4 saturated carbocycles. The van der Waals surface area contributed by atoms with Crippen LogP contribution in [0, 0.1) is 17.8 Å². The van der Waals surface area contributed by atoms with E-state index >= 15 is 0 Å². The highest BCUT2D eigenvalue weighted by Crippen LogP contribution is 2.55. The largest absolute Gasteiger partial charge is 0.351 e. The molecule has 0 radical (unpaired) electrons. The molecule has 0 atom stereocenters. The average Bonchev–Trinajstić information content (AvgIpc) is 2.61. The topological polar surface area (TPSA) is 27.6 Å². The predicted molar refractivity (Wildman–Crippen MR) is 69.0 cm³/mol. The van der Waals surface area contributed by atoms with Crippen molar-refractivity contribution in [2.75, 3.05) is 20.1 Å². The second-order valence-corrected chi connectivity index (χ2v) is 6.95. The summed E-state index contributed by atoms with van der Waals surface area (Å²) < 4.78 is 0. The van der Waals surface area contributed by atoms with E-state index in [-0.39, 0.29) is 0 Å². The SMILES string of the molecule is CN1CCN=C1NC12CC3CC(CC(C3)C1)C2. The smallest absolute Gasteiger partial charge is 0.194 e. The van der Waals surface area contributed by atoms with Crippen LogP contribution in [0.15, 0.2) is 4.99 Å². The van der Waals surface area contributed by atoms with Crippen molar-refractivity contribution < 1.29 is 0 Å². The third-order valence-corrected chi connectivity index (χ3v) is 5.47. The highest BCUT2D eigenvalue weighted by Gasteiger charge is 2.51. The quantitative estimate of drug-likeness (QED) is 0.748. The number of nitrogens with zero attached hydrogens (tertiary/aromatic N) is 2. The molecule has 3 heteroatoms. The Morgan fingerprint density at radius 1 is 1.12 bits per heavy atom. The minimum absolute atomic E-state index is 0.423. The molecule has 0 aromatic heterocycles. The van der Waals surface area contributed by atoms with E-state index in [4.69, 9.17) is 0 Å². The first-order chi connectivity index (χ1) is 8.22. The van der Waals surface area contributed by atoms with Gasteiger partial charge in [-0.1, -0.05) is 0 Å². The molecule has 1 N–H and O–H groups in total. The number of nitrogens with one attached hydrogen (secondary N) is 1. The van der Waals surface area contributed by atoms with Gasteiger partial charge in [0.1, 0.15) is 0 Å². The molecule has 5 aliphatic rings. The molecular formula is C14H23N3. The normalized spacial score (nSPS) is 47.5. The second kappa shape index (κ2) is 3.39. The summed E-state index contributed by atoms with van der Waals surface area (Å²) in [6, 6.07) is 0. The van der Waals surface area contributed by atoms with E-state index in [2.05, 4.69) is 22.3 Å². The molecule has 0 spiro atoms. The van der Waals surface area contributed by atoms with Crippen molar-refractivity contribution in [2.24, 2.45) is 22.7 Å². The average molecular weight is 233 g/mol. The lowest BCUT2D eigenvalue weighted by molar-refractivity contribution is -0.0112. The zero-order valence-corrected chi connectivity index (χ0v) is 10.8. The van der Waals surface area contributed by atoms with Crippen LogP contribution in [-0.4, -0.2) is 36.5 Å². The first-order valence-electron chi connectivity index (χ1n) is 7.26. The molecule has 94 valence electrons. The maximum Gasteiger partial charge on any atom is 0.194 e. The van der Waals surface area contributed by atoms with E-state index in [0.29, 0.717) is 5.54 Å². The number of rotatable bonds is 1. The Balaban J connectivity index is 1.56. The van der Waals surface area contributed by atoms with Crippen molar-refractivity contribution in [3.8, 4) is 0 Å². The Labute approximate surface area is 104 Å². The molecule has 0 unspecified atom stereocenters. The number of likely N-dealkylation sites (N-methyl/N-ethyl adjacent to an activating group) is 1. The van der Waals surface area contributed by atoms with Gasteiger partial charge in [-0.2, -0.15) is 0 Å². The van der Waals surface area contributed by atoms with Crippen LogP contribution in [0.25, 0.3) is 0 Å². The fourth-order valence-electron chi connectivity index (χ4n) is 5.17. The molecule has 5 rings (SSSR count). The Hall–Kier alpha value is -0.730. The summed E-state index contributed by atoms with van der Waals surface area (Å²) >= 11 is 0. The van der Waals surface area contributed by atoms with E-state index in [9.17, 15) is 0 Å². The van der Waals surface area contributed by atoms with Crippen molar-refractivity contribution in [3.05, 3.63) is 0 Å². The summed E-state index contributed by atoms with van der Waals surface area (Å²) in [5.41, 5.74) is 0.423. The zero-order valence-electron chi connectivity index (χ0n) is 10.8. The monoisotopic (exact) mass is 233 g/mol. The van der Waals surface area contributed by atoms with Crippen LogP contribution in [-0.2, 0) is 0 Å². The Kier molecular flexibility index (Phi) is 2.04. The summed E-state index contributed by atoms with van der Waals surface area (Å²) in [7, 11) is 2.17. The van der Waals surface area contributed by atoms with Crippen LogP contribution in [0.5, 0.6) is 0 Å². The molecule has 1 aliphatic heterocycles. The molecule has 4 fully saturated rings. The van der Waals surface area contributed by atoms with Gasteiger partial charge >= 0.3 is 0 Å². The van der Waals surface area contributed by atoms with Gasteiger partial charge in [0.2, 0.25) is 0 Å².